The van der Waals surface area contributed by atoms with E-state index in [-0.39, 0.29) is 11.7 Å². The largest absolute Gasteiger partial charge is 0.299 e. The van der Waals surface area contributed by atoms with Crippen molar-refractivity contribution in [2.75, 3.05) is 0 Å². The third-order valence-electron chi connectivity index (χ3n) is 5.68. The Morgan fingerprint density at radius 3 is 2.31 bits per heavy atom. The molecule has 0 spiro atoms. The topological polar surface area (TPSA) is 34.1 Å². The Kier molecular flexibility index (Phi) is 8.62. The van der Waals surface area contributed by atoms with Crippen molar-refractivity contribution in [2.24, 2.45) is 11.8 Å². The van der Waals surface area contributed by atoms with E-state index >= 15 is 0 Å². The van der Waals surface area contributed by atoms with E-state index in [1.54, 1.807) is 0 Å². The number of terminal acetylenes is 1. The quantitative estimate of drug-likeness (QED) is 0.422. The van der Waals surface area contributed by atoms with E-state index in [2.05, 4.69) is 37.1 Å². The average Bonchev–Trinajstić information content (AvgIpc) is 2.67. The predicted octanol–water partition coefficient (Wildman–Crippen LogP) is 5.32. The first-order chi connectivity index (χ1) is 12.6. The second-order valence-electron chi connectivity index (χ2n) is 7.85. The van der Waals surface area contributed by atoms with Crippen LogP contribution < -0.4 is 0 Å². The maximum Gasteiger partial charge on any atom is 0.205 e. The van der Waals surface area contributed by atoms with Gasteiger partial charge < -0.3 is 0 Å². The molecular formula is C24H32O2. The van der Waals surface area contributed by atoms with E-state index in [9.17, 15) is 9.59 Å². The lowest BCUT2D eigenvalue weighted by atomic mass is 9.83. The number of hydrogen-bond acceptors (Lipinski definition) is 2. The van der Waals surface area contributed by atoms with Crippen molar-refractivity contribution in [2.45, 2.75) is 77.6 Å². The van der Waals surface area contributed by atoms with Crippen molar-refractivity contribution in [1.82, 2.24) is 0 Å². The summed E-state index contributed by atoms with van der Waals surface area (Å²) in [7, 11) is 0. The molecule has 0 amide bonds. The highest BCUT2D eigenvalue weighted by Crippen LogP contribution is 2.28. The molecule has 1 aliphatic rings. The molecule has 1 unspecified atom stereocenters. The highest BCUT2D eigenvalue weighted by atomic mass is 16.1. The molecule has 1 fully saturated rings. The minimum atomic E-state index is -0.117. The van der Waals surface area contributed by atoms with Crippen LogP contribution in [0.3, 0.4) is 0 Å². The van der Waals surface area contributed by atoms with Crippen LogP contribution in [0.5, 0.6) is 0 Å². The fourth-order valence-corrected chi connectivity index (χ4v) is 3.82. The van der Waals surface area contributed by atoms with Crippen LogP contribution in [0.15, 0.2) is 24.3 Å². The summed E-state index contributed by atoms with van der Waals surface area (Å²) < 4.78 is 0. The maximum absolute atomic E-state index is 12.4. The lowest BCUT2D eigenvalue weighted by Crippen LogP contribution is -2.18. The van der Waals surface area contributed by atoms with Crippen LogP contribution in [0.4, 0.5) is 0 Å². The maximum atomic E-state index is 12.4. The van der Waals surface area contributed by atoms with Crippen molar-refractivity contribution in [3.05, 3.63) is 35.4 Å². The summed E-state index contributed by atoms with van der Waals surface area (Å²) in [5, 5.41) is 0. The number of Topliss-reactive ketones (excluding diaryl/α,β-unsaturated/α-hetero) is 2. The highest BCUT2D eigenvalue weighted by molar-refractivity contribution is 5.94. The van der Waals surface area contributed by atoms with Gasteiger partial charge in [0, 0.05) is 18.8 Å². The second-order valence-corrected chi connectivity index (χ2v) is 7.85. The second kappa shape index (κ2) is 11.0. The Morgan fingerprint density at radius 1 is 1.08 bits per heavy atom. The van der Waals surface area contributed by atoms with Gasteiger partial charge in [0.05, 0.1) is 0 Å². The van der Waals surface area contributed by atoms with E-state index in [0.717, 1.165) is 32.1 Å². The van der Waals surface area contributed by atoms with Gasteiger partial charge in [-0.05, 0) is 48.6 Å². The SMILES string of the molecule is C#CC(=O)CCCc1ccc(CCC(C)C(=O)CC2CCCCC2)cc1. The summed E-state index contributed by atoms with van der Waals surface area (Å²) in [5.74, 6) is 3.29. The molecule has 0 heterocycles. The summed E-state index contributed by atoms with van der Waals surface area (Å²) in [6.45, 7) is 2.09. The smallest absolute Gasteiger partial charge is 0.205 e. The van der Waals surface area contributed by atoms with Crippen molar-refractivity contribution in [3.8, 4) is 12.3 Å². The monoisotopic (exact) mass is 352 g/mol. The van der Waals surface area contributed by atoms with Gasteiger partial charge in [0.15, 0.2) is 0 Å². The number of carbonyl (C=O) groups is 2. The normalized spacial score (nSPS) is 16.0. The minimum absolute atomic E-state index is 0.117. The molecule has 1 saturated carbocycles. The molecule has 1 aliphatic carbocycles. The Labute approximate surface area is 158 Å². The molecule has 0 saturated heterocycles. The Bertz CT molecular complexity index is 615. The molecule has 2 nitrogen and oxygen atoms in total. The summed E-state index contributed by atoms with van der Waals surface area (Å²) in [6, 6.07) is 8.56. The highest BCUT2D eigenvalue weighted by Gasteiger charge is 2.20. The van der Waals surface area contributed by atoms with Gasteiger partial charge >= 0.3 is 0 Å². The summed E-state index contributed by atoms with van der Waals surface area (Å²) in [4.78, 5) is 23.6. The van der Waals surface area contributed by atoms with Gasteiger partial charge in [-0.1, -0.05) is 63.3 Å². The van der Waals surface area contributed by atoms with Crippen LogP contribution >= 0.6 is 0 Å². The van der Waals surface area contributed by atoms with Crippen LogP contribution in [-0.4, -0.2) is 11.6 Å². The molecule has 0 bridgehead atoms. The fourth-order valence-electron chi connectivity index (χ4n) is 3.82. The van der Waals surface area contributed by atoms with Gasteiger partial charge in [-0.25, -0.2) is 0 Å². The summed E-state index contributed by atoms with van der Waals surface area (Å²) in [5.41, 5.74) is 2.52. The molecule has 140 valence electrons. The first-order valence-electron chi connectivity index (χ1n) is 10.2. The fraction of sp³-hybridized carbons (Fsp3) is 0.583. The summed E-state index contributed by atoms with van der Waals surface area (Å²) in [6.07, 6.45) is 16.3. The molecule has 1 aromatic rings. The Morgan fingerprint density at radius 2 is 1.69 bits per heavy atom. The lowest BCUT2D eigenvalue weighted by molar-refractivity contribution is -0.123. The number of carbonyl (C=O) groups excluding carboxylic acids is 2. The zero-order chi connectivity index (χ0) is 18.8. The Hall–Kier alpha value is -1.88. The van der Waals surface area contributed by atoms with Crippen LogP contribution in [-0.2, 0) is 22.4 Å². The van der Waals surface area contributed by atoms with Gasteiger partial charge in [0.2, 0.25) is 5.78 Å². The molecule has 1 aromatic carbocycles. The third-order valence-corrected chi connectivity index (χ3v) is 5.68. The van der Waals surface area contributed by atoms with E-state index < -0.39 is 0 Å². The van der Waals surface area contributed by atoms with Gasteiger partial charge in [-0.2, -0.15) is 0 Å². The van der Waals surface area contributed by atoms with Gasteiger partial charge in [0.25, 0.3) is 0 Å². The zero-order valence-corrected chi connectivity index (χ0v) is 16.1. The molecule has 1 atom stereocenters. The molecular weight excluding hydrogens is 320 g/mol. The predicted molar refractivity (Wildman–Crippen MR) is 107 cm³/mol. The van der Waals surface area contributed by atoms with E-state index in [1.165, 1.54) is 43.2 Å². The number of ketones is 2. The van der Waals surface area contributed by atoms with Crippen molar-refractivity contribution in [1.29, 1.82) is 0 Å². The van der Waals surface area contributed by atoms with Crippen LogP contribution in [0, 0.1) is 24.2 Å². The molecule has 0 N–H and O–H groups in total. The number of benzene rings is 1. The van der Waals surface area contributed by atoms with Crippen LogP contribution in [0.25, 0.3) is 0 Å². The van der Waals surface area contributed by atoms with Gasteiger partial charge in [0.1, 0.15) is 5.78 Å². The average molecular weight is 353 g/mol. The van der Waals surface area contributed by atoms with Crippen LogP contribution in [0.2, 0.25) is 0 Å². The Balaban J connectivity index is 1.70. The molecule has 2 rings (SSSR count). The van der Waals surface area contributed by atoms with E-state index in [1.807, 2.05) is 0 Å². The molecule has 26 heavy (non-hydrogen) atoms. The zero-order valence-electron chi connectivity index (χ0n) is 16.1. The number of hydrogen-bond donors (Lipinski definition) is 0. The van der Waals surface area contributed by atoms with Crippen molar-refractivity contribution >= 4 is 11.6 Å². The molecule has 2 heteroatoms. The minimum Gasteiger partial charge on any atom is -0.299 e. The third kappa shape index (κ3) is 7.16. The number of rotatable bonds is 10. The first-order valence-corrected chi connectivity index (χ1v) is 10.2. The van der Waals surface area contributed by atoms with Crippen LogP contribution in [0.1, 0.15) is 75.8 Å². The molecule has 0 aromatic heterocycles. The van der Waals surface area contributed by atoms with E-state index in [4.69, 9.17) is 6.42 Å². The van der Waals surface area contributed by atoms with Gasteiger partial charge in [-0.3, -0.25) is 9.59 Å². The van der Waals surface area contributed by atoms with Crippen molar-refractivity contribution in [3.63, 3.8) is 0 Å². The summed E-state index contributed by atoms with van der Waals surface area (Å²) >= 11 is 0. The standard InChI is InChI=1S/C24H32O2/c1-3-23(25)11-7-10-20-14-16-21(17-15-20)13-12-19(2)24(26)18-22-8-5-4-6-9-22/h1,14-17,19,22H,4-13,18H2,2H3. The first kappa shape index (κ1) is 20.4. The molecule has 0 radical (unpaired) electrons. The van der Waals surface area contributed by atoms with Gasteiger partial charge in [-0.15, -0.1) is 6.42 Å². The number of aryl methyl sites for hydroxylation is 2. The lowest BCUT2D eigenvalue weighted by Gasteiger charge is -2.22. The molecule has 0 aliphatic heterocycles. The van der Waals surface area contributed by atoms with E-state index in [0.29, 0.717) is 18.1 Å². The van der Waals surface area contributed by atoms with Crippen molar-refractivity contribution < 1.29 is 9.59 Å².